The number of rotatable bonds is 4. The highest BCUT2D eigenvalue weighted by Crippen LogP contribution is 2.27. The molecule has 90 valence electrons. The molecule has 4 nitrogen and oxygen atoms in total. The third-order valence-corrected chi connectivity index (χ3v) is 4.14. The zero-order valence-corrected chi connectivity index (χ0v) is 12.1. The van der Waals surface area contributed by atoms with Gasteiger partial charge in [0.15, 0.2) is 10.8 Å². The van der Waals surface area contributed by atoms with Crippen LogP contribution in [-0.4, -0.2) is 22.5 Å². The van der Waals surface area contributed by atoms with Gasteiger partial charge in [0.2, 0.25) is 0 Å². The Hall–Kier alpha value is -1.06. The van der Waals surface area contributed by atoms with Crippen LogP contribution in [0.25, 0.3) is 4.96 Å². The molecule has 0 aliphatic heterocycles. The van der Waals surface area contributed by atoms with E-state index in [1.807, 2.05) is 25.5 Å². The van der Waals surface area contributed by atoms with Gasteiger partial charge in [-0.15, -0.1) is 11.3 Å². The summed E-state index contributed by atoms with van der Waals surface area (Å²) < 4.78 is 2.09. The molecule has 2 heterocycles. The Morgan fingerprint density at radius 3 is 3.12 bits per heavy atom. The second kappa shape index (κ2) is 5.07. The summed E-state index contributed by atoms with van der Waals surface area (Å²) in [5, 5.41) is 11.5. The van der Waals surface area contributed by atoms with E-state index < -0.39 is 0 Å². The third kappa shape index (κ3) is 2.17. The lowest BCUT2D eigenvalue weighted by atomic mass is 10.2. The molecule has 0 fully saturated rings. The van der Waals surface area contributed by atoms with Gasteiger partial charge in [-0.2, -0.15) is 5.26 Å². The van der Waals surface area contributed by atoms with Gasteiger partial charge in [0.05, 0.1) is 18.2 Å². The van der Waals surface area contributed by atoms with Crippen LogP contribution in [0.4, 0.5) is 5.82 Å². The molecule has 0 saturated carbocycles. The molecule has 2 aromatic rings. The Labute approximate surface area is 113 Å². The lowest BCUT2D eigenvalue weighted by Gasteiger charge is -2.23. The number of hydrogen-bond acceptors (Lipinski definition) is 4. The maximum Gasteiger partial charge on any atom is 0.195 e. The van der Waals surface area contributed by atoms with Gasteiger partial charge < -0.3 is 4.90 Å². The molecule has 0 aliphatic carbocycles. The van der Waals surface area contributed by atoms with Crippen molar-refractivity contribution in [2.75, 3.05) is 11.9 Å². The zero-order chi connectivity index (χ0) is 12.4. The van der Waals surface area contributed by atoms with Gasteiger partial charge in [-0.05, 0) is 6.92 Å². The normalized spacial score (nSPS) is 12.6. The van der Waals surface area contributed by atoms with Crippen LogP contribution in [0.15, 0.2) is 11.6 Å². The van der Waals surface area contributed by atoms with Crippen molar-refractivity contribution in [2.24, 2.45) is 0 Å². The maximum atomic E-state index is 8.75. The molecule has 2 aromatic heterocycles. The van der Waals surface area contributed by atoms with Gasteiger partial charge in [0.25, 0.3) is 0 Å². The maximum absolute atomic E-state index is 8.75. The molecule has 6 heteroatoms. The van der Waals surface area contributed by atoms with Crippen LogP contribution in [0.1, 0.15) is 19.0 Å². The quantitative estimate of drug-likeness (QED) is 0.815. The third-order valence-electron chi connectivity index (χ3n) is 2.85. The Morgan fingerprint density at radius 2 is 2.47 bits per heavy atom. The van der Waals surface area contributed by atoms with Crippen LogP contribution in [0.5, 0.6) is 0 Å². The number of hydrogen-bond donors (Lipinski definition) is 0. The molecule has 0 radical (unpaired) electrons. The number of alkyl halides is 1. The van der Waals surface area contributed by atoms with Crippen LogP contribution < -0.4 is 4.90 Å². The molecular formula is C11H13BrN4S. The van der Waals surface area contributed by atoms with Crippen molar-refractivity contribution < 1.29 is 0 Å². The minimum absolute atomic E-state index is 0.169. The second-order valence-electron chi connectivity index (χ2n) is 3.89. The van der Waals surface area contributed by atoms with Gasteiger partial charge in [0, 0.05) is 30.0 Å². The molecular weight excluding hydrogens is 300 g/mol. The SMILES string of the molecule is CC(CC#N)N(C)c1nc2sccn2c1CBr. The van der Waals surface area contributed by atoms with Crippen molar-refractivity contribution in [3.05, 3.63) is 17.3 Å². The fourth-order valence-corrected chi connectivity index (χ4v) is 2.95. The number of fused-ring (bicyclic) bond motifs is 1. The minimum Gasteiger partial charge on any atom is -0.354 e. The summed E-state index contributed by atoms with van der Waals surface area (Å²) in [6.45, 7) is 2.04. The van der Waals surface area contributed by atoms with Gasteiger partial charge in [0.1, 0.15) is 0 Å². The first-order valence-electron chi connectivity index (χ1n) is 5.29. The molecule has 1 atom stereocenters. The van der Waals surface area contributed by atoms with E-state index in [-0.39, 0.29) is 6.04 Å². The highest BCUT2D eigenvalue weighted by Gasteiger charge is 2.19. The summed E-state index contributed by atoms with van der Waals surface area (Å²) in [4.78, 5) is 7.67. The average molecular weight is 313 g/mol. The summed E-state index contributed by atoms with van der Waals surface area (Å²) in [7, 11) is 1.99. The predicted octanol–water partition coefficient (Wildman–Crippen LogP) is 3.03. The first-order chi connectivity index (χ1) is 8.19. The van der Waals surface area contributed by atoms with Crippen molar-refractivity contribution in [1.82, 2.24) is 9.38 Å². The molecule has 0 bridgehead atoms. The van der Waals surface area contributed by atoms with Crippen LogP contribution in [0, 0.1) is 11.3 Å². The smallest absolute Gasteiger partial charge is 0.195 e. The van der Waals surface area contributed by atoms with E-state index in [1.54, 1.807) is 11.3 Å². The summed E-state index contributed by atoms with van der Waals surface area (Å²) in [6, 6.07) is 2.37. The summed E-state index contributed by atoms with van der Waals surface area (Å²) in [6.07, 6.45) is 2.53. The van der Waals surface area contributed by atoms with Crippen LogP contribution >= 0.6 is 27.3 Å². The number of imidazole rings is 1. The first kappa shape index (κ1) is 12.4. The molecule has 0 aromatic carbocycles. The van der Waals surface area contributed by atoms with Gasteiger partial charge >= 0.3 is 0 Å². The van der Waals surface area contributed by atoms with E-state index in [4.69, 9.17) is 5.26 Å². The van der Waals surface area contributed by atoms with E-state index in [1.165, 1.54) is 0 Å². The monoisotopic (exact) mass is 312 g/mol. The van der Waals surface area contributed by atoms with Gasteiger partial charge in [-0.25, -0.2) is 4.98 Å². The van der Waals surface area contributed by atoms with Crippen LogP contribution in [0.2, 0.25) is 0 Å². The Bertz CT molecular complexity index is 553. The number of nitrogens with zero attached hydrogens (tertiary/aromatic N) is 4. The molecule has 1 unspecified atom stereocenters. The fraction of sp³-hybridized carbons (Fsp3) is 0.455. The van der Waals surface area contributed by atoms with E-state index in [9.17, 15) is 0 Å². The average Bonchev–Trinajstić information content (AvgIpc) is 2.87. The van der Waals surface area contributed by atoms with Crippen molar-refractivity contribution in [1.29, 1.82) is 5.26 Å². The number of aromatic nitrogens is 2. The van der Waals surface area contributed by atoms with Crippen molar-refractivity contribution in [3.8, 4) is 6.07 Å². The lowest BCUT2D eigenvalue weighted by Crippen LogP contribution is -2.29. The van der Waals surface area contributed by atoms with E-state index >= 15 is 0 Å². The molecule has 0 amide bonds. The highest BCUT2D eigenvalue weighted by atomic mass is 79.9. The Kier molecular flexibility index (Phi) is 3.69. The topological polar surface area (TPSA) is 44.3 Å². The number of nitriles is 1. The highest BCUT2D eigenvalue weighted by molar-refractivity contribution is 9.08. The number of anilines is 1. The standard InChI is InChI=1S/C11H13BrN4S/c1-8(3-4-13)15(2)10-9(7-12)16-5-6-17-11(16)14-10/h5-6,8H,3,7H2,1-2H3. The summed E-state index contributed by atoms with van der Waals surface area (Å²) in [5.41, 5.74) is 1.13. The Morgan fingerprint density at radius 1 is 1.71 bits per heavy atom. The summed E-state index contributed by atoms with van der Waals surface area (Å²) in [5.74, 6) is 0.955. The largest absolute Gasteiger partial charge is 0.354 e. The molecule has 0 N–H and O–H groups in total. The number of thiazole rings is 1. The van der Waals surface area contributed by atoms with Gasteiger partial charge in [-0.3, -0.25) is 4.40 Å². The second-order valence-corrected chi connectivity index (χ2v) is 5.33. The molecule has 0 aliphatic rings. The van der Waals surface area contributed by atoms with E-state index in [2.05, 4.69) is 36.3 Å². The van der Waals surface area contributed by atoms with Crippen molar-refractivity contribution >= 4 is 38.0 Å². The summed E-state index contributed by atoms with van der Waals surface area (Å²) >= 11 is 5.12. The molecule has 0 spiro atoms. The Balaban J connectivity index is 2.40. The minimum atomic E-state index is 0.169. The lowest BCUT2D eigenvalue weighted by molar-refractivity contribution is 0.693. The first-order valence-corrected chi connectivity index (χ1v) is 7.29. The van der Waals surface area contributed by atoms with Crippen LogP contribution in [-0.2, 0) is 5.33 Å². The molecule has 2 rings (SSSR count). The van der Waals surface area contributed by atoms with Crippen molar-refractivity contribution in [2.45, 2.75) is 24.7 Å². The zero-order valence-electron chi connectivity index (χ0n) is 9.72. The van der Waals surface area contributed by atoms with E-state index in [0.29, 0.717) is 6.42 Å². The number of halogens is 1. The van der Waals surface area contributed by atoms with Crippen LogP contribution in [0.3, 0.4) is 0 Å². The van der Waals surface area contributed by atoms with Gasteiger partial charge in [-0.1, -0.05) is 15.9 Å². The van der Waals surface area contributed by atoms with Crippen molar-refractivity contribution in [3.63, 3.8) is 0 Å². The molecule has 0 saturated heterocycles. The van der Waals surface area contributed by atoms with E-state index in [0.717, 1.165) is 21.8 Å². The molecule has 17 heavy (non-hydrogen) atoms. The fourth-order valence-electron chi connectivity index (χ4n) is 1.71. The predicted molar refractivity (Wildman–Crippen MR) is 73.8 cm³/mol.